The van der Waals surface area contributed by atoms with Crippen LogP contribution in [0.1, 0.15) is 24.3 Å². The molecule has 0 saturated heterocycles. The van der Waals surface area contributed by atoms with Gasteiger partial charge in [-0.15, -0.1) is 0 Å². The molecule has 7 heteroatoms. The maximum absolute atomic E-state index is 12.3. The van der Waals surface area contributed by atoms with Crippen LogP contribution in [-0.2, 0) is 16.1 Å². The van der Waals surface area contributed by atoms with Crippen LogP contribution in [0.5, 0.6) is 0 Å². The number of carbonyl (C=O) groups is 2. The van der Waals surface area contributed by atoms with Gasteiger partial charge in [0, 0.05) is 25.2 Å². The van der Waals surface area contributed by atoms with Crippen molar-refractivity contribution in [3.63, 3.8) is 0 Å². The average molecular weight is 299 g/mol. The SMILES string of the molecule is O=C1C[C@@H](C(=O)NCCCn2cncn2)c2ccccc2N1. The van der Waals surface area contributed by atoms with E-state index in [0.29, 0.717) is 13.1 Å². The smallest absolute Gasteiger partial charge is 0.228 e. The second-order valence-corrected chi connectivity index (χ2v) is 5.20. The van der Waals surface area contributed by atoms with Crippen LogP contribution in [-0.4, -0.2) is 33.1 Å². The van der Waals surface area contributed by atoms with Gasteiger partial charge in [0.25, 0.3) is 0 Å². The number of hydrogen-bond acceptors (Lipinski definition) is 4. The quantitative estimate of drug-likeness (QED) is 0.803. The minimum Gasteiger partial charge on any atom is -0.355 e. The number of fused-ring (bicyclic) bond motifs is 1. The van der Waals surface area contributed by atoms with Crippen molar-refractivity contribution in [3.8, 4) is 0 Å². The minimum atomic E-state index is -0.420. The average Bonchev–Trinajstić information content (AvgIpc) is 3.04. The van der Waals surface area contributed by atoms with Crippen LogP contribution < -0.4 is 10.6 Å². The van der Waals surface area contributed by atoms with Gasteiger partial charge in [0.2, 0.25) is 11.8 Å². The topological polar surface area (TPSA) is 88.9 Å². The number of benzene rings is 1. The Morgan fingerprint density at radius 3 is 3.09 bits per heavy atom. The van der Waals surface area contributed by atoms with E-state index in [4.69, 9.17) is 0 Å². The van der Waals surface area contributed by atoms with Gasteiger partial charge >= 0.3 is 0 Å². The highest BCUT2D eigenvalue weighted by Gasteiger charge is 2.29. The molecular formula is C15H17N5O2. The van der Waals surface area contributed by atoms with Crippen molar-refractivity contribution >= 4 is 17.5 Å². The summed E-state index contributed by atoms with van der Waals surface area (Å²) in [6.07, 6.45) is 4.07. The summed E-state index contributed by atoms with van der Waals surface area (Å²) < 4.78 is 1.72. The van der Waals surface area contributed by atoms with Crippen molar-refractivity contribution in [2.75, 3.05) is 11.9 Å². The van der Waals surface area contributed by atoms with Crippen molar-refractivity contribution in [2.24, 2.45) is 0 Å². The fraction of sp³-hybridized carbons (Fsp3) is 0.333. The third-order valence-electron chi connectivity index (χ3n) is 3.65. The molecule has 1 aliphatic rings. The summed E-state index contributed by atoms with van der Waals surface area (Å²) in [5.41, 5.74) is 1.59. The van der Waals surface area contributed by atoms with E-state index in [9.17, 15) is 9.59 Å². The third kappa shape index (κ3) is 3.13. The normalized spacial score (nSPS) is 16.7. The number of para-hydroxylation sites is 1. The van der Waals surface area contributed by atoms with E-state index in [1.165, 1.54) is 6.33 Å². The number of amides is 2. The molecule has 1 aromatic heterocycles. The highest BCUT2D eigenvalue weighted by molar-refractivity contribution is 6.01. The molecule has 22 heavy (non-hydrogen) atoms. The van der Waals surface area contributed by atoms with E-state index in [1.807, 2.05) is 24.3 Å². The Morgan fingerprint density at radius 2 is 2.27 bits per heavy atom. The second kappa shape index (κ2) is 6.38. The lowest BCUT2D eigenvalue weighted by atomic mass is 9.90. The van der Waals surface area contributed by atoms with Crippen molar-refractivity contribution in [3.05, 3.63) is 42.5 Å². The number of aryl methyl sites for hydroxylation is 1. The Bertz CT molecular complexity index is 668. The van der Waals surface area contributed by atoms with Crippen LogP contribution in [0, 0.1) is 0 Å². The van der Waals surface area contributed by atoms with E-state index >= 15 is 0 Å². The number of hydrogen-bond donors (Lipinski definition) is 2. The Labute approximate surface area is 127 Å². The van der Waals surface area contributed by atoms with Gasteiger partial charge in [-0.1, -0.05) is 18.2 Å². The molecule has 2 aromatic rings. The fourth-order valence-corrected chi connectivity index (χ4v) is 2.57. The molecule has 3 rings (SSSR count). The lowest BCUT2D eigenvalue weighted by Crippen LogP contribution is -2.35. The lowest BCUT2D eigenvalue weighted by Gasteiger charge is -2.24. The zero-order valence-corrected chi connectivity index (χ0v) is 12.0. The summed E-state index contributed by atoms with van der Waals surface area (Å²) in [5.74, 6) is -0.654. The van der Waals surface area contributed by atoms with Crippen LogP contribution in [0.4, 0.5) is 5.69 Å². The second-order valence-electron chi connectivity index (χ2n) is 5.20. The number of nitrogens with zero attached hydrogens (tertiary/aromatic N) is 3. The summed E-state index contributed by atoms with van der Waals surface area (Å²) in [5, 5.41) is 9.69. The van der Waals surface area contributed by atoms with Crippen LogP contribution in [0.3, 0.4) is 0 Å². The summed E-state index contributed by atoms with van der Waals surface area (Å²) in [7, 11) is 0. The molecular weight excluding hydrogens is 282 g/mol. The Morgan fingerprint density at radius 1 is 1.41 bits per heavy atom. The van der Waals surface area contributed by atoms with Crippen molar-refractivity contribution in [1.29, 1.82) is 0 Å². The molecule has 1 aromatic carbocycles. The number of anilines is 1. The molecule has 1 atom stereocenters. The number of aromatic nitrogens is 3. The Hall–Kier alpha value is -2.70. The van der Waals surface area contributed by atoms with Gasteiger partial charge in [-0.2, -0.15) is 5.10 Å². The number of rotatable bonds is 5. The van der Waals surface area contributed by atoms with Gasteiger partial charge in [0.05, 0.1) is 5.92 Å². The van der Waals surface area contributed by atoms with E-state index in [0.717, 1.165) is 17.7 Å². The maximum Gasteiger partial charge on any atom is 0.228 e. The first kappa shape index (κ1) is 14.2. The van der Waals surface area contributed by atoms with E-state index in [2.05, 4.69) is 20.7 Å². The van der Waals surface area contributed by atoms with Gasteiger partial charge < -0.3 is 10.6 Å². The van der Waals surface area contributed by atoms with Gasteiger partial charge in [-0.3, -0.25) is 14.3 Å². The fourth-order valence-electron chi connectivity index (χ4n) is 2.57. The molecule has 2 heterocycles. The first-order valence-corrected chi connectivity index (χ1v) is 7.23. The summed E-state index contributed by atoms with van der Waals surface area (Å²) in [4.78, 5) is 27.9. The lowest BCUT2D eigenvalue weighted by molar-refractivity contribution is -0.126. The standard InChI is InChI=1S/C15H17N5O2/c21-14-8-12(11-4-1-2-5-13(11)19-14)15(22)17-6-3-7-20-10-16-9-18-20/h1-2,4-5,9-10,12H,3,6-8H2,(H,17,22)(H,19,21)/t12-/m1/s1. The molecule has 0 saturated carbocycles. The van der Waals surface area contributed by atoms with Gasteiger partial charge in [0.1, 0.15) is 12.7 Å². The van der Waals surface area contributed by atoms with Gasteiger partial charge in [-0.05, 0) is 18.1 Å². The van der Waals surface area contributed by atoms with Crippen LogP contribution in [0.2, 0.25) is 0 Å². The maximum atomic E-state index is 12.3. The summed E-state index contributed by atoms with van der Waals surface area (Å²) >= 11 is 0. The minimum absolute atomic E-state index is 0.110. The third-order valence-corrected chi connectivity index (χ3v) is 3.65. The summed E-state index contributed by atoms with van der Waals surface area (Å²) in [6, 6.07) is 7.42. The molecule has 0 spiro atoms. The number of nitrogens with one attached hydrogen (secondary N) is 2. The highest BCUT2D eigenvalue weighted by Crippen LogP contribution is 2.31. The van der Waals surface area contributed by atoms with Crippen molar-refractivity contribution in [1.82, 2.24) is 20.1 Å². The molecule has 0 bridgehead atoms. The molecule has 7 nitrogen and oxygen atoms in total. The zero-order valence-electron chi connectivity index (χ0n) is 12.0. The molecule has 0 fully saturated rings. The summed E-state index contributed by atoms with van der Waals surface area (Å²) in [6.45, 7) is 1.24. The molecule has 0 aliphatic carbocycles. The monoisotopic (exact) mass is 299 g/mol. The number of carbonyl (C=O) groups excluding carboxylic acids is 2. The van der Waals surface area contributed by atoms with E-state index in [1.54, 1.807) is 11.0 Å². The van der Waals surface area contributed by atoms with E-state index in [-0.39, 0.29) is 18.2 Å². The predicted octanol–water partition coefficient (Wildman–Crippen LogP) is 0.910. The zero-order chi connectivity index (χ0) is 15.4. The van der Waals surface area contributed by atoms with Crippen molar-refractivity contribution in [2.45, 2.75) is 25.3 Å². The van der Waals surface area contributed by atoms with Crippen LogP contribution >= 0.6 is 0 Å². The van der Waals surface area contributed by atoms with Gasteiger partial charge in [0.15, 0.2) is 0 Å². The first-order valence-electron chi connectivity index (χ1n) is 7.23. The largest absolute Gasteiger partial charge is 0.355 e. The highest BCUT2D eigenvalue weighted by atomic mass is 16.2. The Balaban J connectivity index is 1.57. The predicted molar refractivity (Wildman–Crippen MR) is 80.1 cm³/mol. The van der Waals surface area contributed by atoms with E-state index < -0.39 is 5.92 Å². The Kier molecular flexibility index (Phi) is 4.13. The molecule has 2 amide bonds. The van der Waals surface area contributed by atoms with Crippen LogP contribution in [0.25, 0.3) is 0 Å². The first-order chi connectivity index (χ1) is 10.7. The van der Waals surface area contributed by atoms with Crippen molar-refractivity contribution < 1.29 is 9.59 Å². The molecule has 114 valence electrons. The molecule has 0 radical (unpaired) electrons. The molecule has 2 N–H and O–H groups in total. The molecule has 0 unspecified atom stereocenters. The van der Waals surface area contributed by atoms with Crippen LogP contribution in [0.15, 0.2) is 36.9 Å². The molecule has 1 aliphatic heterocycles. The van der Waals surface area contributed by atoms with Gasteiger partial charge in [-0.25, -0.2) is 4.98 Å².